The van der Waals surface area contributed by atoms with Crippen LogP contribution in [0.3, 0.4) is 0 Å². The topological polar surface area (TPSA) is 55.0 Å². The molecule has 1 saturated heterocycles. The molecular weight excluding hydrogens is 260 g/mol. The molecule has 1 atom stereocenters. The molecule has 0 radical (unpaired) electrons. The third kappa shape index (κ3) is 3.05. The molecule has 0 spiro atoms. The number of anilines is 1. The Morgan fingerprint density at radius 1 is 1.19 bits per heavy atom. The highest BCUT2D eigenvalue weighted by molar-refractivity contribution is 5.63. The van der Waals surface area contributed by atoms with Crippen molar-refractivity contribution < 1.29 is 0 Å². The summed E-state index contributed by atoms with van der Waals surface area (Å²) in [6.45, 7) is 6.11. The summed E-state index contributed by atoms with van der Waals surface area (Å²) in [6, 6.07) is 12.6. The van der Waals surface area contributed by atoms with Gasteiger partial charge in [0.05, 0.1) is 5.69 Å². The summed E-state index contributed by atoms with van der Waals surface area (Å²) in [4.78, 5) is 11.7. The van der Waals surface area contributed by atoms with Crippen molar-refractivity contribution in [2.24, 2.45) is 5.73 Å². The third-order valence-electron chi connectivity index (χ3n) is 3.86. The Morgan fingerprint density at radius 2 is 1.95 bits per heavy atom. The Labute approximate surface area is 126 Å². The summed E-state index contributed by atoms with van der Waals surface area (Å²) in [5.41, 5.74) is 8.15. The molecule has 3 rings (SSSR count). The lowest BCUT2D eigenvalue weighted by molar-refractivity contribution is 0.746. The highest BCUT2D eigenvalue weighted by Gasteiger charge is 2.22. The molecule has 2 aromatic rings. The lowest BCUT2D eigenvalue weighted by atomic mass is 10.1. The van der Waals surface area contributed by atoms with Crippen LogP contribution in [0.25, 0.3) is 11.3 Å². The zero-order valence-electron chi connectivity index (χ0n) is 12.7. The van der Waals surface area contributed by atoms with Crippen LogP contribution in [-0.2, 0) is 0 Å². The van der Waals surface area contributed by atoms with E-state index in [0.717, 1.165) is 42.4 Å². The maximum absolute atomic E-state index is 6.02. The van der Waals surface area contributed by atoms with Crippen LogP contribution in [0.2, 0.25) is 0 Å². The van der Waals surface area contributed by atoms with Gasteiger partial charge in [-0.2, -0.15) is 0 Å². The van der Waals surface area contributed by atoms with Crippen LogP contribution in [0, 0.1) is 0 Å². The van der Waals surface area contributed by atoms with Crippen LogP contribution in [0.5, 0.6) is 0 Å². The van der Waals surface area contributed by atoms with E-state index >= 15 is 0 Å². The number of benzene rings is 1. The van der Waals surface area contributed by atoms with E-state index in [2.05, 4.69) is 36.9 Å². The quantitative estimate of drug-likeness (QED) is 0.940. The van der Waals surface area contributed by atoms with Crippen molar-refractivity contribution in [1.82, 2.24) is 9.97 Å². The number of nitrogens with zero attached hydrogens (tertiary/aromatic N) is 3. The van der Waals surface area contributed by atoms with Gasteiger partial charge in [-0.3, -0.25) is 0 Å². The lowest BCUT2D eigenvalue weighted by Gasteiger charge is -2.19. The Bertz CT molecular complexity index is 609. The van der Waals surface area contributed by atoms with Gasteiger partial charge in [-0.15, -0.1) is 0 Å². The smallest absolute Gasteiger partial charge is 0.133 e. The first-order chi connectivity index (χ1) is 10.1. The van der Waals surface area contributed by atoms with Crippen molar-refractivity contribution >= 4 is 5.82 Å². The van der Waals surface area contributed by atoms with Gasteiger partial charge >= 0.3 is 0 Å². The minimum absolute atomic E-state index is 0.252. The van der Waals surface area contributed by atoms with E-state index in [9.17, 15) is 0 Å². The van der Waals surface area contributed by atoms with Crippen LogP contribution < -0.4 is 10.6 Å². The van der Waals surface area contributed by atoms with E-state index in [1.807, 2.05) is 18.2 Å². The number of hydrogen-bond acceptors (Lipinski definition) is 4. The van der Waals surface area contributed by atoms with E-state index in [4.69, 9.17) is 15.7 Å². The second-order valence-electron chi connectivity index (χ2n) is 5.99. The average Bonchev–Trinajstić information content (AvgIpc) is 2.94. The van der Waals surface area contributed by atoms with Crippen LogP contribution in [-0.4, -0.2) is 29.1 Å². The molecule has 21 heavy (non-hydrogen) atoms. The molecule has 1 aliphatic rings. The third-order valence-corrected chi connectivity index (χ3v) is 3.86. The lowest BCUT2D eigenvalue weighted by Crippen LogP contribution is -2.27. The van der Waals surface area contributed by atoms with Gasteiger partial charge in [0, 0.05) is 36.7 Å². The van der Waals surface area contributed by atoms with E-state index in [1.54, 1.807) is 0 Å². The molecule has 0 saturated carbocycles. The Hall–Kier alpha value is -1.94. The van der Waals surface area contributed by atoms with Crippen molar-refractivity contribution in [2.45, 2.75) is 32.2 Å². The Balaban J connectivity index is 2.02. The molecule has 2 heterocycles. The number of rotatable bonds is 3. The highest BCUT2D eigenvalue weighted by Crippen LogP contribution is 2.26. The maximum Gasteiger partial charge on any atom is 0.133 e. The molecule has 2 N–H and O–H groups in total. The minimum Gasteiger partial charge on any atom is -0.355 e. The molecule has 4 nitrogen and oxygen atoms in total. The SMILES string of the molecule is CC(C)c1nc(-c2ccccc2)cc(N2CCC(N)C2)n1. The van der Waals surface area contributed by atoms with Gasteiger partial charge in [-0.25, -0.2) is 9.97 Å². The molecule has 0 bridgehead atoms. The second-order valence-corrected chi connectivity index (χ2v) is 5.99. The first-order valence-electron chi connectivity index (χ1n) is 7.58. The van der Waals surface area contributed by atoms with Gasteiger partial charge in [0.15, 0.2) is 0 Å². The zero-order chi connectivity index (χ0) is 14.8. The van der Waals surface area contributed by atoms with Gasteiger partial charge in [0.2, 0.25) is 0 Å². The predicted molar refractivity (Wildman–Crippen MR) is 86.4 cm³/mol. The first-order valence-corrected chi connectivity index (χ1v) is 7.58. The summed E-state index contributed by atoms with van der Waals surface area (Å²) < 4.78 is 0. The summed E-state index contributed by atoms with van der Waals surface area (Å²) in [5, 5.41) is 0. The minimum atomic E-state index is 0.252. The number of nitrogens with two attached hydrogens (primary N) is 1. The normalized spacial score (nSPS) is 18.5. The summed E-state index contributed by atoms with van der Waals surface area (Å²) in [7, 11) is 0. The molecule has 1 aliphatic heterocycles. The summed E-state index contributed by atoms with van der Waals surface area (Å²) >= 11 is 0. The van der Waals surface area contributed by atoms with Crippen molar-refractivity contribution in [3.05, 3.63) is 42.2 Å². The number of hydrogen-bond donors (Lipinski definition) is 1. The van der Waals surface area contributed by atoms with Gasteiger partial charge in [0.1, 0.15) is 11.6 Å². The second kappa shape index (κ2) is 5.82. The number of aromatic nitrogens is 2. The first kappa shape index (κ1) is 14.0. The van der Waals surface area contributed by atoms with Crippen LogP contribution >= 0.6 is 0 Å². The van der Waals surface area contributed by atoms with Crippen molar-refractivity contribution in [3.8, 4) is 11.3 Å². The molecule has 1 aromatic carbocycles. The molecule has 4 heteroatoms. The standard InChI is InChI=1S/C17H22N4/c1-12(2)17-19-15(13-6-4-3-5-7-13)10-16(20-17)21-9-8-14(18)11-21/h3-7,10,12,14H,8-9,11,18H2,1-2H3. The van der Waals surface area contributed by atoms with Gasteiger partial charge < -0.3 is 10.6 Å². The fourth-order valence-corrected chi connectivity index (χ4v) is 2.62. The van der Waals surface area contributed by atoms with E-state index in [-0.39, 0.29) is 6.04 Å². The molecule has 0 aliphatic carbocycles. The van der Waals surface area contributed by atoms with E-state index in [0.29, 0.717) is 5.92 Å². The van der Waals surface area contributed by atoms with Crippen molar-refractivity contribution in [3.63, 3.8) is 0 Å². The van der Waals surface area contributed by atoms with Crippen molar-refractivity contribution in [1.29, 1.82) is 0 Å². The van der Waals surface area contributed by atoms with Gasteiger partial charge in [-0.05, 0) is 6.42 Å². The van der Waals surface area contributed by atoms with E-state index in [1.165, 1.54) is 0 Å². The van der Waals surface area contributed by atoms with E-state index < -0.39 is 0 Å². The largest absolute Gasteiger partial charge is 0.355 e. The van der Waals surface area contributed by atoms with Crippen LogP contribution in [0.15, 0.2) is 36.4 Å². The Morgan fingerprint density at radius 3 is 2.57 bits per heavy atom. The van der Waals surface area contributed by atoms with Crippen LogP contribution in [0.1, 0.15) is 32.0 Å². The zero-order valence-corrected chi connectivity index (χ0v) is 12.7. The predicted octanol–water partition coefficient (Wildman–Crippen LogP) is 2.80. The summed E-state index contributed by atoms with van der Waals surface area (Å²) in [6.07, 6.45) is 1.03. The van der Waals surface area contributed by atoms with Crippen LogP contribution in [0.4, 0.5) is 5.82 Å². The fourth-order valence-electron chi connectivity index (χ4n) is 2.62. The van der Waals surface area contributed by atoms with Crippen molar-refractivity contribution in [2.75, 3.05) is 18.0 Å². The molecule has 1 aromatic heterocycles. The highest BCUT2D eigenvalue weighted by atomic mass is 15.2. The molecule has 1 fully saturated rings. The maximum atomic E-state index is 6.02. The van der Waals surface area contributed by atoms with Gasteiger partial charge in [0.25, 0.3) is 0 Å². The molecule has 0 amide bonds. The molecule has 1 unspecified atom stereocenters. The monoisotopic (exact) mass is 282 g/mol. The molecular formula is C17H22N4. The fraction of sp³-hybridized carbons (Fsp3) is 0.412. The molecule has 110 valence electrons. The van der Waals surface area contributed by atoms with Gasteiger partial charge in [-0.1, -0.05) is 44.2 Å². The summed E-state index contributed by atoms with van der Waals surface area (Å²) in [5.74, 6) is 2.20. The average molecular weight is 282 g/mol. The Kier molecular flexibility index (Phi) is 3.88.